The van der Waals surface area contributed by atoms with E-state index in [1.165, 1.54) is 0 Å². The van der Waals surface area contributed by atoms with Gasteiger partial charge in [-0.05, 0) is 5.41 Å². The van der Waals surface area contributed by atoms with E-state index in [0.29, 0.717) is 6.42 Å². The summed E-state index contributed by atoms with van der Waals surface area (Å²) >= 11 is 1.62. The van der Waals surface area contributed by atoms with Gasteiger partial charge in [-0.1, -0.05) is 39.0 Å². The van der Waals surface area contributed by atoms with Crippen LogP contribution >= 0.6 is 11.8 Å². The molecule has 3 nitrogen and oxygen atoms in total. The fourth-order valence-electron chi connectivity index (χ4n) is 1.13. The number of carbonyl (C=O) groups is 1. The zero-order chi connectivity index (χ0) is 10.6. The number of hydrogen-bond acceptors (Lipinski definition) is 3. The summed E-state index contributed by atoms with van der Waals surface area (Å²) in [4.78, 5) is 15.7. The molecule has 0 aromatic rings. The minimum absolute atomic E-state index is 0.0880. The third-order valence-corrected chi connectivity index (χ3v) is 3.32. The Morgan fingerprint density at radius 1 is 1.64 bits per heavy atom. The standard InChI is InChI=1S/C10H18N2OS/c1-4-10(2,3)7-8(13)12-9-11-5-6-14-9/h4-7H2,1-3H3,(H,11,12,13). The van der Waals surface area contributed by atoms with Crippen molar-refractivity contribution in [1.82, 2.24) is 5.32 Å². The first-order chi connectivity index (χ1) is 6.53. The predicted octanol–water partition coefficient (Wildman–Crippen LogP) is 2.03. The third-order valence-electron chi connectivity index (χ3n) is 2.43. The molecule has 1 N–H and O–H groups in total. The number of hydrogen-bond donors (Lipinski definition) is 1. The molecule has 0 radical (unpaired) electrons. The van der Waals surface area contributed by atoms with Crippen LogP contribution in [0.15, 0.2) is 4.99 Å². The molecular formula is C10H18N2OS. The van der Waals surface area contributed by atoms with Crippen LogP contribution in [0.1, 0.15) is 33.6 Å². The van der Waals surface area contributed by atoms with Crippen LogP contribution in [0.5, 0.6) is 0 Å². The highest BCUT2D eigenvalue weighted by Gasteiger charge is 2.21. The van der Waals surface area contributed by atoms with Gasteiger partial charge >= 0.3 is 0 Å². The number of amidine groups is 1. The van der Waals surface area contributed by atoms with Gasteiger partial charge in [0.1, 0.15) is 0 Å². The van der Waals surface area contributed by atoms with Crippen LogP contribution in [0.2, 0.25) is 0 Å². The summed E-state index contributed by atoms with van der Waals surface area (Å²) in [5.41, 5.74) is 0.0912. The van der Waals surface area contributed by atoms with Crippen LogP contribution in [0.3, 0.4) is 0 Å². The first-order valence-electron chi connectivity index (χ1n) is 5.00. The molecule has 0 unspecified atom stereocenters. The maximum atomic E-state index is 11.6. The second-order valence-corrected chi connectivity index (χ2v) is 5.36. The van der Waals surface area contributed by atoms with E-state index in [1.54, 1.807) is 11.8 Å². The Morgan fingerprint density at radius 2 is 2.36 bits per heavy atom. The Kier molecular flexibility index (Phi) is 3.98. The van der Waals surface area contributed by atoms with Gasteiger partial charge in [0, 0.05) is 12.2 Å². The van der Waals surface area contributed by atoms with Crippen LogP contribution in [0, 0.1) is 5.41 Å². The van der Waals surface area contributed by atoms with Gasteiger partial charge in [-0.25, -0.2) is 0 Å². The molecule has 0 saturated carbocycles. The number of nitrogens with one attached hydrogen (secondary N) is 1. The van der Waals surface area contributed by atoms with Gasteiger partial charge in [0.25, 0.3) is 0 Å². The summed E-state index contributed by atoms with van der Waals surface area (Å²) in [5, 5.41) is 3.64. The largest absolute Gasteiger partial charge is 0.305 e. The molecule has 1 aliphatic heterocycles. The SMILES string of the molecule is CCC(C)(C)CC(=O)NC1=NCCS1. The van der Waals surface area contributed by atoms with Crippen LogP contribution in [0.25, 0.3) is 0 Å². The highest BCUT2D eigenvalue weighted by Crippen LogP contribution is 2.24. The number of nitrogens with zero attached hydrogens (tertiary/aromatic N) is 1. The Balaban J connectivity index is 2.35. The average Bonchev–Trinajstić information content (AvgIpc) is 2.55. The van der Waals surface area contributed by atoms with Crippen LogP contribution in [-0.4, -0.2) is 23.4 Å². The van der Waals surface area contributed by atoms with Crippen molar-refractivity contribution in [2.45, 2.75) is 33.6 Å². The summed E-state index contributed by atoms with van der Waals surface area (Å²) in [7, 11) is 0. The Bertz CT molecular complexity index is 249. The van der Waals surface area contributed by atoms with Crippen molar-refractivity contribution in [1.29, 1.82) is 0 Å². The molecule has 4 heteroatoms. The van der Waals surface area contributed by atoms with Crippen molar-refractivity contribution in [2.75, 3.05) is 12.3 Å². The minimum atomic E-state index is 0.0880. The number of rotatable bonds is 3. The molecule has 1 aliphatic rings. The van der Waals surface area contributed by atoms with Crippen molar-refractivity contribution < 1.29 is 4.79 Å². The molecule has 0 spiro atoms. The fourth-order valence-corrected chi connectivity index (χ4v) is 1.88. The molecule has 1 amide bonds. The quantitative estimate of drug-likeness (QED) is 0.781. The molecule has 0 atom stereocenters. The van der Waals surface area contributed by atoms with Gasteiger partial charge in [-0.3, -0.25) is 9.79 Å². The van der Waals surface area contributed by atoms with E-state index in [0.717, 1.165) is 23.9 Å². The van der Waals surface area contributed by atoms with Gasteiger partial charge in [0.2, 0.25) is 5.91 Å². The summed E-state index contributed by atoms with van der Waals surface area (Å²) < 4.78 is 0. The lowest BCUT2D eigenvalue weighted by Gasteiger charge is -2.21. The molecule has 80 valence electrons. The van der Waals surface area contributed by atoms with Crippen molar-refractivity contribution in [2.24, 2.45) is 10.4 Å². The third kappa shape index (κ3) is 3.70. The normalized spacial score (nSPS) is 16.6. The molecule has 0 aromatic heterocycles. The molecule has 14 heavy (non-hydrogen) atoms. The summed E-state index contributed by atoms with van der Waals surface area (Å²) in [5.74, 6) is 1.08. The zero-order valence-electron chi connectivity index (χ0n) is 9.09. The molecular weight excluding hydrogens is 196 g/mol. The lowest BCUT2D eigenvalue weighted by atomic mass is 9.86. The van der Waals surface area contributed by atoms with Gasteiger partial charge in [0.05, 0.1) is 6.54 Å². The van der Waals surface area contributed by atoms with Crippen LogP contribution in [-0.2, 0) is 4.79 Å². The van der Waals surface area contributed by atoms with Crippen molar-refractivity contribution >= 4 is 22.8 Å². The van der Waals surface area contributed by atoms with E-state index in [4.69, 9.17) is 0 Å². The molecule has 0 saturated heterocycles. The van der Waals surface area contributed by atoms with Crippen LogP contribution in [0.4, 0.5) is 0 Å². The van der Waals surface area contributed by atoms with Crippen molar-refractivity contribution in [3.63, 3.8) is 0 Å². The second-order valence-electron chi connectivity index (χ2n) is 4.28. The molecule has 0 bridgehead atoms. The van der Waals surface area contributed by atoms with E-state index < -0.39 is 0 Å². The smallest absolute Gasteiger partial charge is 0.226 e. The number of amides is 1. The zero-order valence-corrected chi connectivity index (χ0v) is 9.91. The Morgan fingerprint density at radius 3 is 2.86 bits per heavy atom. The van der Waals surface area contributed by atoms with Crippen LogP contribution < -0.4 is 5.32 Å². The Hall–Kier alpha value is -0.510. The molecule has 0 aromatic carbocycles. The topological polar surface area (TPSA) is 41.5 Å². The van der Waals surface area contributed by atoms with E-state index in [2.05, 4.69) is 31.1 Å². The summed E-state index contributed by atoms with van der Waals surface area (Å²) in [6.45, 7) is 7.15. The predicted molar refractivity (Wildman–Crippen MR) is 61.6 cm³/mol. The van der Waals surface area contributed by atoms with Gasteiger partial charge in [-0.2, -0.15) is 0 Å². The Labute approximate surface area is 89.7 Å². The second kappa shape index (κ2) is 4.82. The van der Waals surface area contributed by atoms with E-state index in [1.807, 2.05) is 0 Å². The number of aliphatic imine (C=N–C) groups is 1. The highest BCUT2D eigenvalue weighted by atomic mass is 32.2. The molecule has 0 aliphatic carbocycles. The van der Waals surface area contributed by atoms with E-state index >= 15 is 0 Å². The minimum Gasteiger partial charge on any atom is -0.305 e. The number of carbonyl (C=O) groups excluding carboxylic acids is 1. The first kappa shape index (κ1) is 11.6. The first-order valence-corrected chi connectivity index (χ1v) is 5.99. The lowest BCUT2D eigenvalue weighted by Crippen LogP contribution is -2.31. The summed E-state index contributed by atoms with van der Waals surface area (Å²) in [6.07, 6.45) is 1.59. The van der Waals surface area contributed by atoms with Crippen molar-refractivity contribution in [3.05, 3.63) is 0 Å². The molecule has 0 fully saturated rings. The average molecular weight is 214 g/mol. The van der Waals surface area contributed by atoms with E-state index in [9.17, 15) is 4.79 Å². The lowest BCUT2D eigenvalue weighted by molar-refractivity contribution is -0.121. The monoisotopic (exact) mass is 214 g/mol. The number of thioether (sulfide) groups is 1. The fraction of sp³-hybridized carbons (Fsp3) is 0.800. The molecule has 1 rings (SSSR count). The maximum absolute atomic E-state index is 11.6. The molecule has 1 heterocycles. The summed E-state index contributed by atoms with van der Waals surface area (Å²) in [6, 6.07) is 0. The van der Waals surface area contributed by atoms with Gasteiger partial charge < -0.3 is 5.32 Å². The van der Waals surface area contributed by atoms with Gasteiger partial charge in [0.15, 0.2) is 5.17 Å². The van der Waals surface area contributed by atoms with E-state index in [-0.39, 0.29) is 11.3 Å². The maximum Gasteiger partial charge on any atom is 0.226 e. The van der Waals surface area contributed by atoms with Crippen molar-refractivity contribution in [3.8, 4) is 0 Å². The highest BCUT2D eigenvalue weighted by molar-refractivity contribution is 8.14. The van der Waals surface area contributed by atoms with Gasteiger partial charge in [-0.15, -0.1) is 0 Å².